The van der Waals surface area contributed by atoms with E-state index in [1.807, 2.05) is 19.1 Å². The average molecular weight is 179 g/mol. The smallest absolute Gasteiger partial charge is 0.310 e. The lowest BCUT2D eigenvalue weighted by Gasteiger charge is -2.01. The number of ether oxygens (including phenoxy) is 1. The predicted octanol–water partition coefficient (Wildman–Crippen LogP) is 1.50. The van der Waals surface area contributed by atoms with E-state index in [4.69, 9.17) is 4.74 Å². The molecule has 0 aromatic carbocycles. The summed E-state index contributed by atoms with van der Waals surface area (Å²) in [7, 11) is 0. The van der Waals surface area contributed by atoms with Gasteiger partial charge in [0.05, 0.1) is 13.0 Å². The Bertz CT molecular complexity index is 297. The van der Waals surface area contributed by atoms with Crippen LogP contribution in [0.15, 0.2) is 18.3 Å². The highest BCUT2D eigenvalue weighted by atomic mass is 16.5. The fourth-order valence-electron chi connectivity index (χ4n) is 1.09. The number of hydrogen-bond acceptors (Lipinski definition) is 3. The molecule has 1 aromatic rings. The van der Waals surface area contributed by atoms with Crippen LogP contribution in [0.1, 0.15) is 18.2 Å². The standard InChI is InChI=1S/C10H13NO2/c1-3-13-10(12)7-9-4-5-11-8(2)6-9/h4-6H,3,7H2,1-2H3. The zero-order chi connectivity index (χ0) is 9.68. The second kappa shape index (κ2) is 4.60. The minimum atomic E-state index is -0.187. The maximum absolute atomic E-state index is 11.1. The summed E-state index contributed by atoms with van der Waals surface area (Å²) >= 11 is 0. The molecule has 0 aliphatic heterocycles. The van der Waals surface area contributed by atoms with Crippen LogP contribution in [0, 0.1) is 6.92 Å². The van der Waals surface area contributed by atoms with E-state index in [1.165, 1.54) is 0 Å². The third-order valence-corrected chi connectivity index (χ3v) is 1.61. The molecule has 1 aromatic heterocycles. The van der Waals surface area contributed by atoms with Gasteiger partial charge in [-0.05, 0) is 31.5 Å². The Hall–Kier alpha value is -1.38. The predicted molar refractivity (Wildman–Crippen MR) is 49.3 cm³/mol. The molecule has 3 nitrogen and oxygen atoms in total. The van der Waals surface area contributed by atoms with Crippen molar-refractivity contribution in [3.63, 3.8) is 0 Å². The molecule has 0 saturated carbocycles. The summed E-state index contributed by atoms with van der Waals surface area (Å²) in [6.45, 7) is 4.13. The van der Waals surface area contributed by atoms with Crippen LogP contribution in [0.3, 0.4) is 0 Å². The van der Waals surface area contributed by atoms with Crippen LogP contribution in [-0.4, -0.2) is 17.6 Å². The van der Waals surface area contributed by atoms with Gasteiger partial charge in [0.25, 0.3) is 0 Å². The van der Waals surface area contributed by atoms with Gasteiger partial charge in [-0.1, -0.05) is 0 Å². The highest BCUT2D eigenvalue weighted by molar-refractivity contribution is 5.72. The molecule has 0 bridgehead atoms. The second-order valence-electron chi connectivity index (χ2n) is 2.79. The molecular weight excluding hydrogens is 166 g/mol. The maximum Gasteiger partial charge on any atom is 0.310 e. The summed E-state index contributed by atoms with van der Waals surface area (Å²) < 4.78 is 4.83. The Morgan fingerprint density at radius 2 is 2.38 bits per heavy atom. The molecule has 0 radical (unpaired) electrons. The first kappa shape index (κ1) is 9.71. The molecule has 0 atom stereocenters. The van der Waals surface area contributed by atoms with Gasteiger partial charge in [0.15, 0.2) is 0 Å². The first-order chi connectivity index (χ1) is 6.22. The van der Waals surface area contributed by atoms with Crippen molar-refractivity contribution in [3.05, 3.63) is 29.6 Å². The number of pyridine rings is 1. The monoisotopic (exact) mass is 179 g/mol. The first-order valence-corrected chi connectivity index (χ1v) is 4.29. The van der Waals surface area contributed by atoms with E-state index < -0.39 is 0 Å². The zero-order valence-corrected chi connectivity index (χ0v) is 7.91. The fraction of sp³-hybridized carbons (Fsp3) is 0.400. The minimum Gasteiger partial charge on any atom is -0.466 e. The van der Waals surface area contributed by atoms with E-state index in [0.717, 1.165) is 11.3 Å². The van der Waals surface area contributed by atoms with Crippen LogP contribution < -0.4 is 0 Å². The Morgan fingerprint density at radius 3 is 3.00 bits per heavy atom. The van der Waals surface area contributed by atoms with E-state index in [9.17, 15) is 4.79 Å². The lowest BCUT2D eigenvalue weighted by molar-refractivity contribution is -0.142. The molecule has 0 saturated heterocycles. The lowest BCUT2D eigenvalue weighted by atomic mass is 10.2. The number of carbonyl (C=O) groups is 1. The fourth-order valence-corrected chi connectivity index (χ4v) is 1.09. The van der Waals surface area contributed by atoms with Crippen LogP contribution in [0.2, 0.25) is 0 Å². The van der Waals surface area contributed by atoms with Gasteiger partial charge < -0.3 is 4.74 Å². The highest BCUT2D eigenvalue weighted by Crippen LogP contribution is 2.02. The average Bonchev–Trinajstić information content (AvgIpc) is 2.04. The van der Waals surface area contributed by atoms with E-state index in [1.54, 1.807) is 13.1 Å². The molecule has 1 rings (SSSR count). The molecule has 0 aliphatic carbocycles. The molecule has 0 aliphatic rings. The van der Waals surface area contributed by atoms with Crippen LogP contribution in [0.5, 0.6) is 0 Å². The van der Waals surface area contributed by atoms with Gasteiger partial charge in [-0.2, -0.15) is 0 Å². The second-order valence-corrected chi connectivity index (χ2v) is 2.79. The number of aromatic nitrogens is 1. The van der Waals surface area contributed by atoms with Crippen molar-refractivity contribution in [2.24, 2.45) is 0 Å². The molecule has 3 heteroatoms. The molecule has 0 spiro atoms. The van der Waals surface area contributed by atoms with Crippen LogP contribution in [0.25, 0.3) is 0 Å². The summed E-state index contributed by atoms with van der Waals surface area (Å²) in [6, 6.07) is 3.71. The van der Waals surface area contributed by atoms with Crippen molar-refractivity contribution in [2.75, 3.05) is 6.61 Å². The largest absolute Gasteiger partial charge is 0.466 e. The molecule has 0 unspecified atom stereocenters. The normalized spacial score (nSPS) is 9.69. The number of hydrogen-bond donors (Lipinski definition) is 0. The van der Waals surface area contributed by atoms with E-state index in [-0.39, 0.29) is 5.97 Å². The number of carbonyl (C=O) groups excluding carboxylic acids is 1. The van der Waals surface area contributed by atoms with E-state index >= 15 is 0 Å². The summed E-state index contributed by atoms with van der Waals surface area (Å²) in [5, 5.41) is 0. The number of esters is 1. The molecule has 13 heavy (non-hydrogen) atoms. The summed E-state index contributed by atoms with van der Waals surface area (Å²) in [6.07, 6.45) is 2.03. The maximum atomic E-state index is 11.1. The van der Waals surface area contributed by atoms with Crippen molar-refractivity contribution < 1.29 is 9.53 Å². The third-order valence-electron chi connectivity index (χ3n) is 1.61. The van der Waals surface area contributed by atoms with Gasteiger partial charge in [0.2, 0.25) is 0 Å². The molecule has 0 fully saturated rings. The van der Waals surface area contributed by atoms with Crippen LogP contribution in [0.4, 0.5) is 0 Å². The van der Waals surface area contributed by atoms with Gasteiger partial charge in [-0.3, -0.25) is 9.78 Å². The van der Waals surface area contributed by atoms with E-state index in [2.05, 4.69) is 4.98 Å². The summed E-state index contributed by atoms with van der Waals surface area (Å²) in [5.41, 5.74) is 1.87. The number of aryl methyl sites for hydroxylation is 1. The molecule has 70 valence electrons. The van der Waals surface area contributed by atoms with E-state index in [0.29, 0.717) is 13.0 Å². The Morgan fingerprint density at radius 1 is 1.62 bits per heavy atom. The molecular formula is C10H13NO2. The van der Waals surface area contributed by atoms with Crippen LogP contribution >= 0.6 is 0 Å². The van der Waals surface area contributed by atoms with Crippen molar-refractivity contribution in [1.82, 2.24) is 4.98 Å². The van der Waals surface area contributed by atoms with Crippen molar-refractivity contribution >= 4 is 5.97 Å². The quantitative estimate of drug-likeness (QED) is 0.660. The summed E-state index contributed by atoms with van der Waals surface area (Å²) in [4.78, 5) is 15.1. The van der Waals surface area contributed by atoms with Crippen LogP contribution in [-0.2, 0) is 16.0 Å². The van der Waals surface area contributed by atoms with Gasteiger partial charge >= 0.3 is 5.97 Å². The summed E-state index contributed by atoms with van der Waals surface area (Å²) in [5.74, 6) is -0.187. The Labute approximate surface area is 77.8 Å². The SMILES string of the molecule is CCOC(=O)Cc1ccnc(C)c1. The third kappa shape index (κ3) is 3.23. The van der Waals surface area contributed by atoms with Crippen molar-refractivity contribution in [3.8, 4) is 0 Å². The van der Waals surface area contributed by atoms with Gasteiger partial charge in [0.1, 0.15) is 0 Å². The highest BCUT2D eigenvalue weighted by Gasteiger charge is 2.03. The topological polar surface area (TPSA) is 39.2 Å². The van der Waals surface area contributed by atoms with Gasteiger partial charge in [-0.25, -0.2) is 0 Å². The first-order valence-electron chi connectivity index (χ1n) is 4.29. The number of nitrogens with zero attached hydrogens (tertiary/aromatic N) is 1. The number of rotatable bonds is 3. The molecule has 0 N–H and O–H groups in total. The Balaban J connectivity index is 2.58. The van der Waals surface area contributed by atoms with Gasteiger partial charge in [-0.15, -0.1) is 0 Å². The minimum absolute atomic E-state index is 0.187. The van der Waals surface area contributed by atoms with Gasteiger partial charge in [0, 0.05) is 11.9 Å². The molecule has 1 heterocycles. The Kier molecular flexibility index (Phi) is 3.43. The molecule has 0 amide bonds. The lowest BCUT2D eigenvalue weighted by Crippen LogP contribution is -2.07. The zero-order valence-electron chi connectivity index (χ0n) is 7.91. The van der Waals surface area contributed by atoms with Crippen molar-refractivity contribution in [2.45, 2.75) is 20.3 Å². The van der Waals surface area contributed by atoms with Crippen molar-refractivity contribution in [1.29, 1.82) is 0 Å².